The normalized spacial score (nSPS) is 9.87. The third kappa shape index (κ3) is 2.67. The minimum absolute atomic E-state index is 0.0461. The molecule has 0 aliphatic heterocycles. The summed E-state index contributed by atoms with van der Waals surface area (Å²) in [6.45, 7) is 0.539. The highest BCUT2D eigenvalue weighted by atomic mass is 32.1. The molecule has 0 saturated heterocycles. The highest BCUT2D eigenvalue weighted by Crippen LogP contribution is 2.04. The van der Waals surface area contributed by atoms with Crippen molar-refractivity contribution >= 4 is 17.2 Å². The molecule has 3 heteroatoms. The Kier molecular flexibility index (Phi) is 3.15. The van der Waals surface area contributed by atoms with Crippen molar-refractivity contribution in [1.82, 2.24) is 5.32 Å². The second-order valence-corrected chi connectivity index (χ2v) is 3.81. The molecule has 0 spiro atoms. The summed E-state index contributed by atoms with van der Waals surface area (Å²) >= 11 is 1.51. The SMILES string of the molecule is O=C(NCc1[c]scc1)c1ccccc1. The fraction of sp³-hybridized carbons (Fsp3) is 0.0833. The molecular formula is C12H10NOS. The van der Waals surface area contributed by atoms with Crippen LogP contribution < -0.4 is 5.32 Å². The van der Waals surface area contributed by atoms with Gasteiger partial charge in [-0.25, -0.2) is 0 Å². The predicted molar refractivity (Wildman–Crippen MR) is 60.8 cm³/mol. The number of rotatable bonds is 3. The Bertz CT molecular complexity index is 422. The molecule has 2 nitrogen and oxygen atoms in total. The first-order chi connectivity index (χ1) is 7.36. The zero-order valence-electron chi connectivity index (χ0n) is 8.07. The van der Waals surface area contributed by atoms with E-state index in [2.05, 4.69) is 10.7 Å². The highest BCUT2D eigenvalue weighted by molar-refractivity contribution is 7.07. The van der Waals surface area contributed by atoms with Crippen LogP contribution in [0.2, 0.25) is 0 Å². The van der Waals surface area contributed by atoms with Crippen LogP contribution in [0.5, 0.6) is 0 Å². The minimum Gasteiger partial charge on any atom is -0.348 e. The van der Waals surface area contributed by atoms with Crippen LogP contribution in [0.25, 0.3) is 0 Å². The van der Waals surface area contributed by atoms with E-state index in [9.17, 15) is 4.79 Å². The lowest BCUT2D eigenvalue weighted by molar-refractivity contribution is 0.0951. The first-order valence-corrected chi connectivity index (χ1v) is 5.51. The summed E-state index contributed by atoms with van der Waals surface area (Å²) in [6, 6.07) is 11.1. The van der Waals surface area contributed by atoms with Gasteiger partial charge in [0.1, 0.15) is 0 Å². The second kappa shape index (κ2) is 4.75. The zero-order valence-corrected chi connectivity index (χ0v) is 8.88. The summed E-state index contributed by atoms with van der Waals surface area (Å²) in [5.74, 6) is -0.0461. The van der Waals surface area contributed by atoms with Crippen LogP contribution in [0.1, 0.15) is 15.9 Å². The Balaban J connectivity index is 1.94. The lowest BCUT2D eigenvalue weighted by Crippen LogP contribution is -2.22. The van der Waals surface area contributed by atoms with Gasteiger partial charge in [-0.15, -0.1) is 11.3 Å². The molecule has 0 bridgehead atoms. The number of amides is 1. The standard InChI is InChI=1S/C12H10NOS/c14-12(11-4-2-1-3-5-11)13-8-10-6-7-15-9-10/h1-7H,8H2,(H,13,14). The van der Waals surface area contributed by atoms with Crippen molar-refractivity contribution in [2.24, 2.45) is 0 Å². The van der Waals surface area contributed by atoms with Gasteiger partial charge in [-0.3, -0.25) is 4.79 Å². The van der Waals surface area contributed by atoms with Gasteiger partial charge in [-0.05, 0) is 29.1 Å². The van der Waals surface area contributed by atoms with E-state index < -0.39 is 0 Å². The van der Waals surface area contributed by atoms with E-state index in [0.29, 0.717) is 12.1 Å². The maximum Gasteiger partial charge on any atom is 0.251 e. The number of benzene rings is 1. The van der Waals surface area contributed by atoms with Crippen LogP contribution in [-0.4, -0.2) is 5.91 Å². The monoisotopic (exact) mass is 216 g/mol. The van der Waals surface area contributed by atoms with Gasteiger partial charge in [0.05, 0.1) is 0 Å². The van der Waals surface area contributed by atoms with Gasteiger partial charge in [0.2, 0.25) is 0 Å². The zero-order chi connectivity index (χ0) is 10.5. The summed E-state index contributed by atoms with van der Waals surface area (Å²) in [7, 11) is 0. The fourth-order valence-corrected chi connectivity index (χ4v) is 1.81. The van der Waals surface area contributed by atoms with Gasteiger partial charge in [0.25, 0.3) is 5.91 Å². The molecule has 0 atom stereocenters. The van der Waals surface area contributed by atoms with Crippen LogP contribution in [0, 0.1) is 5.38 Å². The van der Waals surface area contributed by atoms with Crippen LogP contribution in [0.4, 0.5) is 0 Å². The molecule has 0 unspecified atom stereocenters. The van der Waals surface area contributed by atoms with Crippen molar-refractivity contribution < 1.29 is 4.79 Å². The van der Waals surface area contributed by atoms with Crippen molar-refractivity contribution in [1.29, 1.82) is 0 Å². The molecule has 1 radical (unpaired) electrons. The van der Waals surface area contributed by atoms with E-state index in [1.165, 1.54) is 11.3 Å². The number of nitrogens with one attached hydrogen (secondary N) is 1. The number of hydrogen-bond donors (Lipinski definition) is 1. The maximum absolute atomic E-state index is 11.6. The second-order valence-electron chi connectivity index (χ2n) is 3.10. The van der Waals surface area contributed by atoms with Crippen molar-refractivity contribution in [3.8, 4) is 0 Å². The van der Waals surface area contributed by atoms with E-state index in [1.54, 1.807) is 12.1 Å². The Morgan fingerprint density at radius 2 is 2.07 bits per heavy atom. The number of thiophene rings is 1. The molecule has 15 heavy (non-hydrogen) atoms. The van der Waals surface area contributed by atoms with Crippen LogP contribution >= 0.6 is 11.3 Å². The number of carbonyl (C=O) groups excluding carboxylic acids is 1. The molecule has 1 N–H and O–H groups in total. The molecule has 0 aliphatic carbocycles. The third-order valence-electron chi connectivity index (χ3n) is 2.00. The van der Waals surface area contributed by atoms with Crippen LogP contribution in [0.15, 0.2) is 41.8 Å². The van der Waals surface area contributed by atoms with E-state index >= 15 is 0 Å². The van der Waals surface area contributed by atoms with E-state index in [-0.39, 0.29) is 5.91 Å². The van der Waals surface area contributed by atoms with Crippen molar-refractivity contribution in [3.63, 3.8) is 0 Å². The summed E-state index contributed by atoms with van der Waals surface area (Å²) in [5, 5.41) is 7.86. The molecule has 1 amide bonds. The minimum atomic E-state index is -0.0461. The number of carbonyl (C=O) groups is 1. The molecular weight excluding hydrogens is 206 g/mol. The Hall–Kier alpha value is -1.61. The molecule has 0 aliphatic rings. The highest BCUT2D eigenvalue weighted by Gasteiger charge is 2.03. The summed E-state index contributed by atoms with van der Waals surface area (Å²) in [5.41, 5.74) is 1.71. The topological polar surface area (TPSA) is 29.1 Å². The quantitative estimate of drug-likeness (QED) is 0.839. The predicted octanol–water partition coefficient (Wildman–Crippen LogP) is 2.48. The lowest BCUT2D eigenvalue weighted by atomic mass is 10.2. The van der Waals surface area contributed by atoms with Gasteiger partial charge < -0.3 is 5.32 Å². The summed E-state index contributed by atoms with van der Waals surface area (Å²) in [6.07, 6.45) is 0. The Morgan fingerprint density at radius 1 is 1.27 bits per heavy atom. The smallest absolute Gasteiger partial charge is 0.251 e. The molecule has 1 aromatic carbocycles. The maximum atomic E-state index is 11.6. The largest absolute Gasteiger partial charge is 0.348 e. The summed E-state index contributed by atoms with van der Waals surface area (Å²) in [4.78, 5) is 11.6. The Morgan fingerprint density at radius 3 is 2.73 bits per heavy atom. The lowest BCUT2D eigenvalue weighted by Gasteiger charge is -2.02. The number of hydrogen-bond acceptors (Lipinski definition) is 2. The molecule has 75 valence electrons. The van der Waals surface area contributed by atoms with E-state index in [0.717, 1.165) is 5.56 Å². The Labute approximate surface area is 92.6 Å². The molecule has 2 rings (SSSR count). The van der Waals surface area contributed by atoms with Crippen LogP contribution in [-0.2, 0) is 6.54 Å². The van der Waals surface area contributed by atoms with Gasteiger partial charge in [0.15, 0.2) is 0 Å². The van der Waals surface area contributed by atoms with E-state index in [4.69, 9.17) is 0 Å². The molecule has 0 fully saturated rings. The molecule has 2 aromatic rings. The van der Waals surface area contributed by atoms with Gasteiger partial charge >= 0.3 is 0 Å². The molecule has 1 heterocycles. The fourth-order valence-electron chi connectivity index (χ4n) is 1.22. The van der Waals surface area contributed by atoms with Gasteiger partial charge in [0, 0.05) is 17.5 Å². The third-order valence-corrected chi connectivity index (χ3v) is 2.65. The van der Waals surface area contributed by atoms with Crippen molar-refractivity contribution in [2.45, 2.75) is 6.54 Å². The summed E-state index contributed by atoms with van der Waals surface area (Å²) < 4.78 is 0. The van der Waals surface area contributed by atoms with Crippen molar-refractivity contribution in [3.05, 3.63) is 58.3 Å². The molecule has 0 saturated carbocycles. The average molecular weight is 216 g/mol. The molecule has 1 aromatic heterocycles. The van der Waals surface area contributed by atoms with E-state index in [1.807, 2.05) is 29.6 Å². The first kappa shape index (κ1) is 9.93. The van der Waals surface area contributed by atoms with Crippen molar-refractivity contribution in [2.75, 3.05) is 0 Å². The average Bonchev–Trinajstić information content (AvgIpc) is 2.80. The van der Waals surface area contributed by atoms with Crippen LogP contribution in [0.3, 0.4) is 0 Å². The van der Waals surface area contributed by atoms with Gasteiger partial charge in [-0.1, -0.05) is 18.2 Å². The first-order valence-electron chi connectivity index (χ1n) is 4.63. The van der Waals surface area contributed by atoms with Gasteiger partial charge in [-0.2, -0.15) is 0 Å².